The minimum absolute atomic E-state index is 0.821. The van der Waals surface area contributed by atoms with E-state index >= 15 is 0 Å². The summed E-state index contributed by atoms with van der Waals surface area (Å²) in [6, 6.07) is 15.9. The Morgan fingerprint density at radius 3 is 2.56 bits per heavy atom. The van der Waals surface area contributed by atoms with E-state index in [9.17, 15) is 0 Å². The molecule has 0 unspecified atom stereocenters. The van der Waals surface area contributed by atoms with Crippen LogP contribution in [0.5, 0.6) is 0 Å². The number of anilines is 1. The van der Waals surface area contributed by atoms with E-state index in [2.05, 4.69) is 10.1 Å². The largest absolute Gasteiger partial charge is 0.251 e. The second kappa shape index (κ2) is 6.35. The van der Waals surface area contributed by atoms with E-state index in [1.165, 1.54) is 0 Å². The van der Waals surface area contributed by atoms with Gasteiger partial charge in [0.25, 0.3) is 0 Å². The third kappa shape index (κ3) is 3.56. The normalized spacial score (nSPS) is 11.2. The maximum absolute atomic E-state index is 4.27. The molecule has 18 heavy (non-hydrogen) atoms. The van der Waals surface area contributed by atoms with Gasteiger partial charge in [-0.3, -0.25) is 5.01 Å². The van der Waals surface area contributed by atoms with Gasteiger partial charge in [-0.2, -0.15) is 5.10 Å². The first kappa shape index (κ1) is 12.0. The molecule has 1 aromatic carbocycles. The van der Waals surface area contributed by atoms with Gasteiger partial charge in [0.2, 0.25) is 0 Å². The predicted molar refractivity (Wildman–Crippen MR) is 76.6 cm³/mol. The van der Waals surface area contributed by atoms with Crippen LogP contribution in [-0.2, 0) is 0 Å². The van der Waals surface area contributed by atoms with Crippen molar-refractivity contribution in [3.8, 4) is 0 Å². The highest BCUT2D eigenvalue weighted by Gasteiger charge is 1.95. The van der Waals surface area contributed by atoms with Crippen molar-refractivity contribution in [2.45, 2.75) is 0 Å². The lowest BCUT2D eigenvalue weighted by molar-refractivity contribution is 0.984. The molecule has 0 N–H and O–H groups in total. The van der Waals surface area contributed by atoms with Crippen LogP contribution >= 0.6 is 0 Å². The summed E-state index contributed by atoms with van der Waals surface area (Å²) in [7, 11) is 1.87. The van der Waals surface area contributed by atoms with Gasteiger partial charge < -0.3 is 0 Å². The molecule has 0 aliphatic rings. The average molecular weight is 237 g/mol. The standard InChI is InChI=1S/C15H15N3/c1-18(15-11-5-6-12-16-15)17-13-7-10-14-8-3-2-4-9-14/h2-13H,1H3/b10-7+,17-13+. The van der Waals surface area contributed by atoms with Gasteiger partial charge in [0.15, 0.2) is 0 Å². The summed E-state index contributed by atoms with van der Waals surface area (Å²) in [6.07, 6.45) is 7.42. The molecular formula is C15H15N3. The van der Waals surface area contributed by atoms with Crippen molar-refractivity contribution >= 4 is 18.1 Å². The number of benzene rings is 1. The fourth-order valence-corrected chi connectivity index (χ4v) is 1.46. The molecule has 0 saturated carbocycles. The van der Waals surface area contributed by atoms with Gasteiger partial charge in [0, 0.05) is 19.5 Å². The summed E-state index contributed by atoms with van der Waals surface area (Å²) in [4.78, 5) is 4.20. The highest BCUT2D eigenvalue weighted by molar-refractivity contribution is 5.78. The van der Waals surface area contributed by atoms with E-state index in [-0.39, 0.29) is 0 Å². The Morgan fingerprint density at radius 2 is 1.83 bits per heavy atom. The smallest absolute Gasteiger partial charge is 0.148 e. The molecule has 0 saturated heterocycles. The zero-order valence-corrected chi connectivity index (χ0v) is 10.3. The average Bonchev–Trinajstić information content (AvgIpc) is 2.45. The topological polar surface area (TPSA) is 28.5 Å². The molecule has 2 rings (SSSR count). The highest BCUT2D eigenvalue weighted by atomic mass is 15.5. The number of rotatable bonds is 4. The van der Waals surface area contributed by atoms with E-state index in [1.54, 1.807) is 17.4 Å². The monoisotopic (exact) mass is 237 g/mol. The fourth-order valence-electron chi connectivity index (χ4n) is 1.46. The van der Waals surface area contributed by atoms with Gasteiger partial charge in [-0.05, 0) is 23.8 Å². The van der Waals surface area contributed by atoms with Gasteiger partial charge in [0.1, 0.15) is 5.82 Å². The van der Waals surface area contributed by atoms with Crippen LogP contribution in [0.2, 0.25) is 0 Å². The van der Waals surface area contributed by atoms with Crippen molar-refractivity contribution in [1.82, 2.24) is 4.98 Å². The van der Waals surface area contributed by atoms with Crippen LogP contribution in [0.25, 0.3) is 6.08 Å². The molecule has 0 aliphatic heterocycles. The molecule has 90 valence electrons. The van der Waals surface area contributed by atoms with Crippen molar-refractivity contribution in [1.29, 1.82) is 0 Å². The Kier molecular flexibility index (Phi) is 4.25. The van der Waals surface area contributed by atoms with Crippen molar-refractivity contribution in [3.05, 3.63) is 66.4 Å². The molecular weight excluding hydrogens is 222 g/mol. The molecule has 0 radical (unpaired) electrons. The molecule has 1 aromatic heterocycles. The van der Waals surface area contributed by atoms with E-state index < -0.39 is 0 Å². The molecule has 0 bridgehead atoms. The number of allylic oxidation sites excluding steroid dienone is 1. The third-order valence-electron chi connectivity index (χ3n) is 2.40. The molecule has 3 heteroatoms. The van der Waals surface area contributed by atoms with Crippen molar-refractivity contribution in [2.75, 3.05) is 12.1 Å². The van der Waals surface area contributed by atoms with Crippen LogP contribution < -0.4 is 5.01 Å². The second-order valence-electron chi connectivity index (χ2n) is 3.75. The van der Waals surface area contributed by atoms with E-state index in [4.69, 9.17) is 0 Å². The number of nitrogens with zero attached hydrogens (tertiary/aromatic N) is 3. The van der Waals surface area contributed by atoms with Crippen LogP contribution in [0.4, 0.5) is 5.82 Å². The first-order valence-electron chi connectivity index (χ1n) is 5.77. The first-order valence-corrected chi connectivity index (χ1v) is 5.77. The fraction of sp³-hybridized carbons (Fsp3) is 0.0667. The minimum atomic E-state index is 0.821. The number of hydrazone groups is 1. The quantitative estimate of drug-likeness (QED) is 0.603. The Labute approximate surface area is 107 Å². The summed E-state index contributed by atoms with van der Waals surface area (Å²) in [5.41, 5.74) is 1.16. The van der Waals surface area contributed by atoms with Gasteiger partial charge in [0.05, 0.1) is 0 Å². The number of pyridine rings is 1. The van der Waals surface area contributed by atoms with Crippen LogP contribution in [0.1, 0.15) is 5.56 Å². The van der Waals surface area contributed by atoms with Crippen LogP contribution in [-0.4, -0.2) is 18.2 Å². The molecule has 1 heterocycles. The van der Waals surface area contributed by atoms with Crippen LogP contribution in [0, 0.1) is 0 Å². The van der Waals surface area contributed by atoms with E-state index in [0.717, 1.165) is 11.4 Å². The molecule has 0 aliphatic carbocycles. The van der Waals surface area contributed by atoms with E-state index in [1.807, 2.05) is 67.7 Å². The molecule has 0 amide bonds. The third-order valence-corrected chi connectivity index (χ3v) is 2.40. The summed E-state index contributed by atoms with van der Waals surface area (Å²) >= 11 is 0. The zero-order chi connectivity index (χ0) is 12.6. The summed E-state index contributed by atoms with van der Waals surface area (Å²) in [5.74, 6) is 0.821. The Hall–Kier alpha value is -2.42. The van der Waals surface area contributed by atoms with Gasteiger partial charge >= 0.3 is 0 Å². The summed E-state index contributed by atoms with van der Waals surface area (Å²) in [6.45, 7) is 0. The predicted octanol–water partition coefficient (Wildman–Crippen LogP) is 3.22. The number of hydrogen-bond acceptors (Lipinski definition) is 3. The Balaban J connectivity index is 1.94. The minimum Gasteiger partial charge on any atom is -0.251 e. The van der Waals surface area contributed by atoms with Crippen LogP contribution in [0.15, 0.2) is 65.9 Å². The molecule has 0 spiro atoms. The Bertz CT molecular complexity index is 518. The van der Waals surface area contributed by atoms with Crippen molar-refractivity contribution < 1.29 is 0 Å². The number of aromatic nitrogens is 1. The summed E-state index contributed by atoms with van der Waals surface area (Å²) < 4.78 is 0. The molecule has 2 aromatic rings. The lowest BCUT2D eigenvalue weighted by Gasteiger charge is -2.09. The number of hydrogen-bond donors (Lipinski definition) is 0. The van der Waals surface area contributed by atoms with Crippen molar-refractivity contribution in [3.63, 3.8) is 0 Å². The first-order chi connectivity index (χ1) is 8.86. The Morgan fingerprint density at radius 1 is 1.06 bits per heavy atom. The van der Waals surface area contributed by atoms with Crippen LogP contribution in [0.3, 0.4) is 0 Å². The zero-order valence-electron chi connectivity index (χ0n) is 10.3. The lowest BCUT2D eigenvalue weighted by atomic mass is 10.2. The molecule has 3 nitrogen and oxygen atoms in total. The van der Waals surface area contributed by atoms with E-state index in [0.29, 0.717) is 0 Å². The summed E-state index contributed by atoms with van der Waals surface area (Å²) in [5, 5.41) is 6.00. The maximum Gasteiger partial charge on any atom is 0.148 e. The highest BCUT2D eigenvalue weighted by Crippen LogP contribution is 2.06. The van der Waals surface area contributed by atoms with Gasteiger partial charge in [-0.1, -0.05) is 42.5 Å². The van der Waals surface area contributed by atoms with Gasteiger partial charge in [-0.15, -0.1) is 0 Å². The SMILES string of the molecule is CN(/N=C/C=C/c1ccccc1)c1ccccn1. The second-order valence-corrected chi connectivity index (χ2v) is 3.75. The van der Waals surface area contributed by atoms with Crippen molar-refractivity contribution in [2.24, 2.45) is 5.10 Å². The maximum atomic E-state index is 4.27. The lowest BCUT2D eigenvalue weighted by Crippen LogP contribution is -2.09. The molecule has 0 fully saturated rings. The molecule has 0 atom stereocenters. The van der Waals surface area contributed by atoms with Gasteiger partial charge in [-0.25, -0.2) is 4.98 Å².